The molecule has 1 amide bonds. The summed E-state index contributed by atoms with van der Waals surface area (Å²) in [5.41, 5.74) is 3.08. The molecule has 3 aromatic rings. The molecule has 0 unspecified atom stereocenters. The van der Waals surface area contributed by atoms with Crippen LogP contribution in [0, 0.1) is 0 Å². The van der Waals surface area contributed by atoms with E-state index in [-0.39, 0.29) is 11.5 Å². The van der Waals surface area contributed by atoms with Crippen LogP contribution >= 0.6 is 0 Å². The third-order valence-electron chi connectivity index (χ3n) is 3.58. The number of hydrogen-bond acceptors (Lipinski definition) is 2. The maximum atomic E-state index is 12.4. The molecule has 23 heavy (non-hydrogen) atoms. The maximum absolute atomic E-state index is 12.4. The van der Waals surface area contributed by atoms with Gasteiger partial charge in [0, 0.05) is 24.9 Å². The predicted octanol–water partition coefficient (Wildman–Crippen LogP) is 3.30. The molecule has 0 saturated carbocycles. The summed E-state index contributed by atoms with van der Waals surface area (Å²) in [7, 11) is 1.65. The van der Waals surface area contributed by atoms with Gasteiger partial charge in [-0.25, -0.2) is 0 Å². The molecule has 0 aliphatic rings. The van der Waals surface area contributed by atoms with Crippen LogP contribution in [0.5, 0.6) is 0 Å². The van der Waals surface area contributed by atoms with Crippen molar-refractivity contribution in [2.45, 2.75) is 0 Å². The van der Waals surface area contributed by atoms with Crippen molar-refractivity contribution in [3.8, 4) is 11.1 Å². The van der Waals surface area contributed by atoms with Gasteiger partial charge in [-0.2, -0.15) is 0 Å². The summed E-state index contributed by atoms with van der Waals surface area (Å²) in [6.45, 7) is 0. The lowest BCUT2D eigenvalue weighted by atomic mass is 10.0. The third kappa shape index (κ3) is 3.37. The van der Waals surface area contributed by atoms with Crippen molar-refractivity contribution in [3.63, 3.8) is 0 Å². The van der Waals surface area contributed by atoms with E-state index >= 15 is 0 Å². The van der Waals surface area contributed by atoms with E-state index in [0.717, 1.165) is 11.1 Å². The Hall–Kier alpha value is -3.14. The van der Waals surface area contributed by atoms with E-state index in [1.807, 2.05) is 48.5 Å². The fourth-order valence-corrected chi connectivity index (χ4v) is 2.34. The molecule has 1 N–H and O–H groups in total. The molecule has 114 valence electrons. The number of carbonyl (C=O) groups is 1. The molecule has 0 bridgehead atoms. The number of aromatic nitrogens is 1. The van der Waals surface area contributed by atoms with Crippen LogP contribution in [0.2, 0.25) is 0 Å². The molecular weight excluding hydrogens is 288 g/mol. The van der Waals surface area contributed by atoms with E-state index in [1.54, 1.807) is 25.4 Å². The number of hydrogen-bond donors (Lipinski definition) is 1. The second kappa shape index (κ2) is 6.32. The van der Waals surface area contributed by atoms with Crippen LogP contribution in [0.4, 0.5) is 5.69 Å². The minimum Gasteiger partial charge on any atom is -0.321 e. The zero-order valence-corrected chi connectivity index (χ0v) is 12.7. The SMILES string of the molecule is Cn1cc(NC(=O)c2cccc(-c3ccccc3)c2)ccc1=O. The number of nitrogens with one attached hydrogen (secondary N) is 1. The molecule has 2 aromatic carbocycles. The molecule has 0 radical (unpaired) electrons. The molecule has 0 atom stereocenters. The molecule has 1 heterocycles. The normalized spacial score (nSPS) is 10.3. The summed E-state index contributed by atoms with van der Waals surface area (Å²) in [6, 6.07) is 20.4. The van der Waals surface area contributed by atoms with Crippen LogP contribution in [0.1, 0.15) is 10.4 Å². The number of benzene rings is 2. The van der Waals surface area contributed by atoms with Crippen LogP contribution in [-0.4, -0.2) is 10.5 Å². The fourth-order valence-electron chi connectivity index (χ4n) is 2.34. The highest BCUT2D eigenvalue weighted by atomic mass is 16.1. The van der Waals surface area contributed by atoms with E-state index in [2.05, 4.69) is 5.32 Å². The smallest absolute Gasteiger partial charge is 0.255 e. The van der Waals surface area contributed by atoms with E-state index in [4.69, 9.17) is 0 Å². The number of aryl methyl sites for hydroxylation is 1. The van der Waals surface area contributed by atoms with Crippen molar-refractivity contribution in [1.82, 2.24) is 4.57 Å². The number of amides is 1. The van der Waals surface area contributed by atoms with Gasteiger partial charge in [-0.15, -0.1) is 0 Å². The number of pyridine rings is 1. The molecule has 0 aliphatic carbocycles. The Labute approximate surface area is 134 Å². The Morgan fingerprint density at radius 2 is 1.65 bits per heavy atom. The molecule has 0 fully saturated rings. The van der Waals surface area contributed by atoms with Crippen molar-refractivity contribution in [2.24, 2.45) is 7.05 Å². The molecule has 4 heteroatoms. The maximum Gasteiger partial charge on any atom is 0.255 e. The zero-order valence-electron chi connectivity index (χ0n) is 12.7. The Kier molecular flexibility index (Phi) is 4.06. The monoisotopic (exact) mass is 304 g/mol. The highest BCUT2D eigenvalue weighted by molar-refractivity contribution is 6.04. The Morgan fingerprint density at radius 1 is 0.913 bits per heavy atom. The molecule has 4 nitrogen and oxygen atoms in total. The van der Waals surface area contributed by atoms with Gasteiger partial charge in [0.05, 0.1) is 5.69 Å². The van der Waals surface area contributed by atoms with E-state index < -0.39 is 0 Å². The van der Waals surface area contributed by atoms with Gasteiger partial charge in [0.2, 0.25) is 5.56 Å². The highest BCUT2D eigenvalue weighted by Crippen LogP contribution is 2.20. The number of rotatable bonds is 3. The lowest BCUT2D eigenvalue weighted by Gasteiger charge is -2.08. The van der Waals surface area contributed by atoms with Gasteiger partial charge in [0.1, 0.15) is 0 Å². The average Bonchev–Trinajstić information content (AvgIpc) is 2.59. The Balaban J connectivity index is 1.85. The van der Waals surface area contributed by atoms with E-state index in [0.29, 0.717) is 11.3 Å². The quantitative estimate of drug-likeness (QED) is 0.807. The predicted molar refractivity (Wildman–Crippen MR) is 91.5 cm³/mol. The first kappa shape index (κ1) is 14.8. The van der Waals surface area contributed by atoms with Crippen LogP contribution < -0.4 is 10.9 Å². The second-order valence-corrected chi connectivity index (χ2v) is 5.27. The molecular formula is C19H16N2O2. The summed E-state index contributed by atoms with van der Waals surface area (Å²) in [5, 5.41) is 2.81. The van der Waals surface area contributed by atoms with Crippen molar-refractivity contribution in [1.29, 1.82) is 0 Å². The van der Waals surface area contributed by atoms with E-state index in [9.17, 15) is 9.59 Å². The minimum atomic E-state index is -0.207. The van der Waals surface area contributed by atoms with Gasteiger partial charge in [0.15, 0.2) is 0 Å². The van der Waals surface area contributed by atoms with Gasteiger partial charge in [0.25, 0.3) is 5.91 Å². The van der Waals surface area contributed by atoms with Gasteiger partial charge < -0.3 is 9.88 Å². The van der Waals surface area contributed by atoms with Gasteiger partial charge >= 0.3 is 0 Å². The number of nitrogens with zero attached hydrogens (tertiary/aromatic N) is 1. The minimum absolute atomic E-state index is 0.117. The summed E-state index contributed by atoms with van der Waals surface area (Å²) < 4.78 is 1.43. The Morgan fingerprint density at radius 3 is 2.39 bits per heavy atom. The first-order valence-electron chi connectivity index (χ1n) is 7.27. The first-order chi connectivity index (χ1) is 11.1. The lowest BCUT2D eigenvalue weighted by molar-refractivity contribution is 0.102. The number of anilines is 1. The lowest BCUT2D eigenvalue weighted by Crippen LogP contribution is -2.18. The fraction of sp³-hybridized carbons (Fsp3) is 0.0526. The van der Waals surface area contributed by atoms with Crippen LogP contribution in [0.3, 0.4) is 0 Å². The molecule has 0 saturated heterocycles. The average molecular weight is 304 g/mol. The zero-order chi connectivity index (χ0) is 16.2. The second-order valence-electron chi connectivity index (χ2n) is 5.27. The van der Waals surface area contributed by atoms with Gasteiger partial charge in [-0.3, -0.25) is 9.59 Å². The third-order valence-corrected chi connectivity index (χ3v) is 3.58. The molecule has 0 spiro atoms. The Bertz CT molecular complexity index is 898. The largest absolute Gasteiger partial charge is 0.321 e. The summed E-state index contributed by atoms with van der Waals surface area (Å²) in [4.78, 5) is 23.8. The molecule has 3 rings (SSSR count). The standard InChI is InChI=1S/C19H16N2O2/c1-21-13-17(10-11-18(21)22)20-19(23)16-9-5-8-15(12-16)14-6-3-2-4-7-14/h2-13H,1H3,(H,20,23). The van der Waals surface area contributed by atoms with Crippen LogP contribution in [0.15, 0.2) is 77.7 Å². The molecule has 0 aliphatic heterocycles. The molecule has 1 aromatic heterocycles. The van der Waals surface area contributed by atoms with Crippen molar-refractivity contribution in [3.05, 3.63) is 88.8 Å². The summed E-state index contributed by atoms with van der Waals surface area (Å²) in [6.07, 6.45) is 1.60. The van der Waals surface area contributed by atoms with Crippen LogP contribution in [-0.2, 0) is 7.05 Å². The van der Waals surface area contributed by atoms with Gasteiger partial charge in [-0.05, 0) is 29.3 Å². The first-order valence-corrected chi connectivity index (χ1v) is 7.27. The van der Waals surface area contributed by atoms with Crippen molar-refractivity contribution < 1.29 is 4.79 Å². The van der Waals surface area contributed by atoms with Gasteiger partial charge in [-0.1, -0.05) is 42.5 Å². The van der Waals surface area contributed by atoms with Crippen molar-refractivity contribution >= 4 is 11.6 Å². The highest BCUT2D eigenvalue weighted by Gasteiger charge is 2.08. The van der Waals surface area contributed by atoms with E-state index in [1.165, 1.54) is 10.6 Å². The van der Waals surface area contributed by atoms with Crippen molar-refractivity contribution in [2.75, 3.05) is 5.32 Å². The van der Waals surface area contributed by atoms with Crippen LogP contribution in [0.25, 0.3) is 11.1 Å². The topological polar surface area (TPSA) is 51.1 Å². The summed E-state index contributed by atoms with van der Waals surface area (Å²) >= 11 is 0. The summed E-state index contributed by atoms with van der Waals surface area (Å²) in [5.74, 6) is -0.207. The number of carbonyl (C=O) groups excluding carboxylic acids is 1.